The average molecular weight is 485 g/mol. The summed E-state index contributed by atoms with van der Waals surface area (Å²) in [5.41, 5.74) is 8.55. The summed E-state index contributed by atoms with van der Waals surface area (Å²) in [7, 11) is 0. The summed E-state index contributed by atoms with van der Waals surface area (Å²) in [4.78, 5) is 10.9. The third kappa shape index (κ3) is 4.62. The molecule has 2 aliphatic rings. The maximum Gasteiger partial charge on any atom is 0.328 e. The molecule has 3 aromatic rings. The smallest absolute Gasteiger partial charge is 0.328 e. The molecule has 0 saturated carbocycles. The molecule has 0 aromatic heterocycles. The van der Waals surface area contributed by atoms with E-state index >= 15 is 0 Å². The molecule has 35 heavy (non-hydrogen) atoms. The van der Waals surface area contributed by atoms with E-state index in [1.54, 1.807) is 6.08 Å². The van der Waals surface area contributed by atoms with Gasteiger partial charge >= 0.3 is 5.97 Å². The van der Waals surface area contributed by atoms with E-state index in [1.165, 1.54) is 5.56 Å². The van der Waals surface area contributed by atoms with Gasteiger partial charge in [-0.15, -0.1) is 0 Å². The number of rotatable bonds is 6. The SMILES string of the molecule is CC/C(=C(\C1=C(Cl)c2ccccc2C1)c1ccc(/C=C/C(=O)O)cc1)c1ccc2c(c1)OCCO2. The van der Waals surface area contributed by atoms with E-state index in [9.17, 15) is 4.79 Å². The summed E-state index contributed by atoms with van der Waals surface area (Å²) in [5.74, 6) is 0.544. The molecule has 0 spiro atoms. The van der Waals surface area contributed by atoms with Crippen molar-refractivity contribution in [3.05, 3.63) is 106 Å². The van der Waals surface area contributed by atoms with Gasteiger partial charge in [-0.1, -0.05) is 73.1 Å². The van der Waals surface area contributed by atoms with Crippen LogP contribution in [0.3, 0.4) is 0 Å². The van der Waals surface area contributed by atoms with Crippen LogP contribution in [0.1, 0.15) is 41.2 Å². The number of fused-ring (bicyclic) bond motifs is 2. The fourth-order valence-corrected chi connectivity index (χ4v) is 5.08. The van der Waals surface area contributed by atoms with Crippen LogP contribution in [0.25, 0.3) is 22.3 Å². The number of carboxylic acid groups (broad SMARTS) is 1. The lowest BCUT2D eigenvalue weighted by molar-refractivity contribution is -0.131. The number of hydrogen-bond acceptors (Lipinski definition) is 3. The van der Waals surface area contributed by atoms with Crippen LogP contribution in [-0.2, 0) is 11.2 Å². The summed E-state index contributed by atoms with van der Waals surface area (Å²) in [6.45, 7) is 3.23. The van der Waals surface area contributed by atoms with Crippen LogP contribution >= 0.6 is 11.6 Å². The molecule has 5 rings (SSSR count). The number of aliphatic carboxylic acids is 1. The predicted octanol–water partition coefficient (Wildman–Crippen LogP) is 7.08. The Bertz CT molecular complexity index is 1380. The molecule has 1 aliphatic carbocycles. The van der Waals surface area contributed by atoms with Crippen LogP contribution in [0.4, 0.5) is 0 Å². The first-order chi connectivity index (χ1) is 17.0. The molecule has 4 nitrogen and oxygen atoms in total. The molecule has 1 heterocycles. The molecule has 0 fully saturated rings. The van der Waals surface area contributed by atoms with Gasteiger partial charge in [0.15, 0.2) is 11.5 Å². The van der Waals surface area contributed by atoms with E-state index in [1.807, 2.05) is 48.5 Å². The van der Waals surface area contributed by atoms with Gasteiger partial charge in [-0.2, -0.15) is 0 Å². The molecule has 1 aliphatic heterocycles. The Labute approximate surface area is 209 Å². The topological polar surface area (TPSA) is 55.8 Å². The lowest BCUT2D eigenvalue weighted by Gasteiger charge is -2.21. The fraction of sp³-hybridized carbons (Fsp3) is 0.167. The molecule has 1 N–H and O–H groups in total. The van der Waals surface area contributed by atoms with Crippen molar-refractivity contribution in [3.63, 3.8) is 0 Å². The molecular formula is C30H25ClO4. The Morgan fingerprint density at radius 2 is 1.69 bits per heavy atom. The van der Waals surface area contributed by atoms with Gasteiger partial charge in [0.2, 0.25) is 0 Å². The van der Waals surface area contributed by atoms with E-state index in [2.05, 4.69) is 25.1 Å². The normalized spacial score (nSPS) is 15.3. The summed E-state index contributed by atoms with van der Waals surface area (Å²) in [5, 5.41) is 9.73. The molecule has 0 amide bonds. The second kappa shape index (κ2) is 9.85. The first-order valence-electron chi connectivity index (χ1n) is 11.7. The second-order valence-electron chi connectivity index (χ2n) is 8.49. The molecule has 0 unspecified atom stereocenters. The minimum Gasteiger partial charge on any atom is -0.486 e. The molecular weight excluding hydrogens is 460 g/mol. The van der Waals surface area contributed by atoms with E-state index in [4.69, 9.17) is 26.2 Å². The fourth-order valence-electron chi connectivity index (χ4n) is 4.73. The van der Waals surface area contributed by atoms with Crippen molar-refractivity contribution in [3.8, 4) is 11.5 Å². The van der Waals surface area contributed by atoms with Crippen molar-refractivity contribution < 1.29 is 19.4 Å². The lowest BCUT2D eigenvalue weighted by atomic mass is 9.86. The zero-order chi connectivity index (χ0) is 24.4. The maximum atomic E-state index is 10.9. The number of benzene rings is 3. The first kappa shape index (κ1) is 23.0. The van der Waals surface area contributed by atoms with Gasteiger partial charge < -0.3 is 14.6 Å². The average Bonchev–Trinajstić information content (AvgIpc) is 3.22. The highest BCUT2D eigenvalue weighted by molar-refractivity contribution is 6.51. The van der Waals surface area contributed by atoms with E-state index in [0.29, 0.717) is 13.2 Å². The van der Waals surface area contributed by atoms with Crippen LogP contribution < -0.4 is 9.47 Å². The van der Waals surface area contributed by atoms with Gasteiger partial charge in [-0.3, -0.25) is 0 Å². The molecule has 3 aromatic carbocycles. The predicted molar refractivity (Wildman–Crippen MR) is 141 cm³/mol. The number of carboxylic acids is 1. The lowest BCUT2D eigenvalue weighted by Crippen LogP contribution is -2.15. The van der Waals surface area contributed by atoms with Crippen molar-refractivity contribution in [2.45, 2.75) is 19.8 Å². The van der Waals surface area contributed by atoms with Crippen molar-refractivity contribution in [1.82, 2.24) is 0 Å². The Morgan fingerprint density at radius 3 is 2.40 bits per heavy atom. The molecule has 176 valence electrons. The largest absolute Gasteiger partial charge is 0.486 e. The summed E-state index contributed by atoms with van der Waals surface area (Å²) in [6, 6.07) is 22.3. The van der Waals surface area contributed by atoms with Gasteiger partial charge in [0.1, 0.15) is 13.2 Å². The van der Waals surface area contributed by atoms with Gasteiger partial charge in [0.25, 0.3) is 0 Å². The van der Waals surface area contributed by atoms with E-state index in [0.717, 1.165) is 74.4 Å². The first-order valence-corrected chi connectivity index (χ1v) is 12.0. The molecule has 5 heteroatoms. The highest BCUT2D eigenvalue weighted by atomic mass is 35.5. The number of hydrogen-bond donors (Lipinski definition) is 1. The van der Waals surface area contributed by atoms with Crippen molar-refractivity contribution in [2.75, 3.05) is 13.2 Å². The molecule has 0 bridgehead atoms. The van der Waals surface area contributed by atoms with Crippen LogP contribution in [0.2, 0.25) is 0 Å². The van der Waals surface area contributed by atoms with Gasteiger partial charge in [-0.25, -0.2) is 4.79 Å². The minimum atomic E-state index is -0.970. The van der Waals surface area contributed by atoms with Crippen molar-refractivity contribution in [1.29, 1.82) is 0 Å². The highest BCUT2D eigenvalue weighted by Gasteiger charge is 2.26. The Balaban J connectivity index is 1.67. The van der Waals surface area contributed by atoms with Crippen LogP contribution in [0.5, 0.6) is 11.5 Å². The van der Waals surface area contributed by atoms with Crippen LogP contribution in [0, 0.1) is 0 Å². The summed E-state index contributed by atoms with van der Waals surface area (Å²) >= 11 is 7.00. The Hall–Kier alpha value is -3.76. The third-order valence-corrected chi connectivity index (χ3v) is 6.78. The number of allylic oxidation sites excluding steroid dienone is 3. The number of carbonyl (C=O) groups is 1. The Morgan fingerprint density at radius 1 is 0.971 bits per heavy atom. The Kier molecular flexibility index (Phi) is 6.47. The second-order valence-corrected chi connectivity index (χ2v) is 8.86. The number of halogens is 1. The van der Waals surface area contributed by atoms with Crippen molar-refractivity contribution in [2.24, 2.45) is 0 Å². The zero-order valence-corrected chi connectivity index (χ0v) is 20.1. The quantitative estimate of drug-likeness (QED) is 0.300. The van der Waals surface area contributed by atoms with Crippen molar-refractivity contribution >= 4 is 39.8 Å². The molecule has 0 radical (unpaired) electrons. The molecule has 0 saturated heterocycles. The van der Waals surface area contributed by atoms with Gasteiger partial charge in [0.05, 0.1) is 5.03 Å². The maximum absolute atomic E-state index is 10.9. The zero-order valence-electron chi connectivity index (χ0n) is 19.4. The molecule has 0 atom stereocenters. The van der Waals surface area contributed by atoms with Gasteiger partial charge in [-0.05, 0) is 69.2 Å². The monoisotopic (exact) mass is 484 g/mol. The van der Waals surface area contributed by atoms with E-state index in [-0.39, 0.29) is 0 Å². The standard InChI is InChI=1S/C30H25ClO4/c1-2-23(22-12-13-26-27(18-22)35-16-15-34-26)29(20-10-7-19(8-11-20)9-14-28(32)33)25-17-21-5-3-4-6-24(21)30(25)31/h3-14,18H,2,15-17H2,1H3,(H,32,33)/b14-9+,29-23+. The van der Waals surface area contributed by atoms with E-state index < -0.39 is 5.97 Å². The van der Waals surface area contributed by atoms with Crippen LogP contribution in [0.15, 0.2) is 78.4 Å². The summed E-state index contributed by atoms with van der Waals surface area (Å²) < 4.78 is 11.6. The minimum absolute atomic E-state index is 0.534. The van der Waals surface area contributed by atoms with Crippen LogP contribution in [-0.4, -0.2) is 24.3 Å². The summed E-state index contributed by atoms with van der Waals surface area (Å²) in [6.07, 6.45) is 4.28. The van der Waals surface area contributed by atoms with Gasteiger partial charge in [0, 0.05) is 12.5 Å². The highest BCUT2D eigenvalue weighted by Crippen LogP contribution is 2.46. The third-order valence-electron chi connectivity index (χ3n) is 6.35. The number of ether oxygens (including phenoxy) is 2.